The first-order valence-electron chi connectivity index (χ1n) is 9.08. The maximum absolute atomic E-state index is 13.3. The molecule has 3 aromatic rings. The van der Waals surface area contributed by atoms with Gasteiger partial charge in [0, 0.05) is 18.2 Å². The number of carbonyl (C=O) groups is 1. The highest BCUT2D eigenvalue weighted by Crippen LogP contribution is 2.26. The van der Waals surface area contributed by atoms with Crippen LogP contribution in [-0.2, 0) is 25.9 Å². The SMILES string of the molecule is CS(=O)(=O)c1ccc(-c2cc(CC(=O)CCO[N+](=O)[O-])nn2-c2ccc(F)cc2)cc1. The summed E-state index contributed by atoms with van der Waals surface area (Å²) >= 11 is 0. The molecule has 0 atom stereocenters. The van der Waals surface area contributed by atoms with E-state index in [2.05, 4.69) is 9.94 Å². The standard InChI is InChI=1S/C20H18FN3O6S/c1-31(28,29)19-8-2-14(3-9-19)20-13-16(12-18(25)10-11-30-24(26)27)22-23(20)17-6-4-15(21)5-7-17/h2-9,13H,10-12H2,1H3. The van der Waals surface area contributed by atoms with E-state index in [4.69, 9.17) is 0 Å². The third-order valence-corrected chi connectivity index (χ3v) is 5.49. The molecule has 0 aliphatic rings. The largest absolute Gasteiger partial charge is 0.313 e. The van der Waals surface area contributed by atoms with Crippen molar-refractivity contribution in [3.05, 3.63) is 76.2 Å². The molecule has 0 saturated heterocycles. The molecule has 11 heteroatoms. The Balaban J connectivity index is 1.94. The lowest BCUT2D eigenvalue weighted by atomic mass is 10.1. The summed E-state index contributed by atoms with van der Waals surface area (Å²) in [6.45, 7) is -0.343. The number of carbonyl (C=O) groups excluding carboxylic acids is 1. The van der Waals surface area contributed by atoms with Crippen LogP contribution in [0.1, 0.15) is 12.1 Å². The molecule has 3 rings (SSSR count). The van der Waals surface area contributed by atoms with Crippen molar-refractivity contribution in [2.24, 2.45) is 0 Å². The van der Waals surface area contributed by atoms with Crippen LogP contribution in [0, 0.1) is 15.9 Å². The van der Waals surface area contributed by atoms with Crippen LogP contribution in [0.5, 0.6) is 0 Å². The zero-order valence-electron chi connectivity index (χ0n) is 16.4. The Hall–Kier alpha value is -3.60. The van der Waals surface area contributed by atoms with E-state index in [9.17, 15) is 27.7 Å². The summed E-state index contributed by atoms with van der Waals surface area (Å²) in [5.74, 6) is -0.722. The van der Waals surface area contributed by atoms with Crippen molar-refractivity contribution in [1.82, 2.24) is 9.78 Å². The van der Waals surface area contributed by atoms with Crippen molar-refractivity contribution in [3.8, 4) is 16.9 Å². The van der Waals surface area contributed by atoms with Crippen molar-refractivity contribution in [3.63, 3.8) is 0 Å². The highest BCUT2D eigenvalue weighted by Gasteiger charge is 2.16. The summed E-state index contributed by atoms with van der Waals surface area (Å²) in [6, 6.07) is 13.4. The summed E-state index contributed by atoms with van der Waals surface area (Å²) in [5, 5.41) is 13.7. The van der Waals surface area contributed by atoms with E-state index in [1.54, 1.807) is 18.2 Å². The highest BCUT2D eigenvalue weighted by molar-refractivity contribution is 7.90. The minimum Gasteiger partial charge on any atom is -0.313 e. The monoisotopic (exact) mass is 447 g/mol. The summed E-state index contributed by atoms with van der Waals surface area (Å²) in [6.07, 6.45) is 0.879. The minimum absolute atomic E-state index is 0.0797. The van der Waals surface area contributed by atoms with E-state index in [0.29, 0.717) is 22.6 Å². The fraction of sp³-hybridized carbons (Fsp3) is 0.200. The Bertz CT molecular complexity index is 1200. The van der Waals surface area contributed by atoms with E-state index in [1.165, 1.54) is 41.1 Å². The lowest BCUT2D eigenvalue weighted by Gasteiger charge is -2.08. The van der Waals surface area contributed by atoms with Crippen LogP contribution < -0.4 is 0 Å². The molecular weight excluding hydrogens is 429 g/mol. The normalized spacial score (nSPS) is 11.3. The molecule has 162 valence electrons. The maximum atomic E-state index is 13.3. The minimum atomic E-state index is -3.36. The molecule has 0 amide bonds. The molecule has 0 aliphatic carbocycles. The van der Waals surface area contributed by atoms with Gasteiger partial charge in [-0.05, 0) is 42.5 Å². The van der Waals surface area contributed by atoms with Gasteiger partial charge in [0.1, 0.15) is 18.2 Å². The van der Waals surface area contributed by atoms with Crippen molar-refractivity contribution in [1.29, 1.82) is 0 Å². The quantitative estimate of drug-likeness (QED) is 0.365. The summed E-state index contributed by atoms with van der Waals surface area (Å²) in [4.78, 5) is 26.6. The molecule has 1 heterocycles. The number of Topliss-reactive ketones (excluding diaryl/α,β-unsaturated/α-hetero) is 1. The number of hydrogen-bond donors (Lipinski definition) is 0. The lowest BCUT2D eigenvalue weighted by Crippen LogP contribution is -2.10. The van der Waals surface area contributed by atoms with Crippen LogP contribution in [0.15, 0.2) is 59.5 Å². The number of aromatic nitrogens is 2. The van der Waals surface area contributed by atoms with Gasteiger partial charge < -0.3 is 4.84 Å². The zero-order valence-corrected chi connectivity index (χ0v) is 17.2. The van der Waals surface area contributed by atoms with Crippen molar-refractivity contribution < 1.29 is 27.5 Å². The van der Waals surface area contributed by atoms with Gasteiger partial charge in [0.05, 0.1) is 28.4 Å². The molecule has 0 fully saturated rings. The molecule has 0 bridgehead atoms. The second-order valence-corrected chi connectivity index (χ2v) is 8.74. The number of sulfone groups is 1. The lowest BCUT2D eigenvalue weighted by molar-refractivity contribution is -0.757. The Kier molecular flexibility index (Phi) is 6.44. The average Bonchev–Trinajstić information content (AvgIpc) is 3.11. The number of ketones is 1. The van der Waals surface area contributed by atoms with Gasteiger partial charge in [0.2, 0.25) is 0 Å². The molecule has 1 aromatic heterocycles. The second-order valence-electron chi connectivity index (χ2n) is 6.73. The number of hydrogen-bond acceptors (Lipinski definition) is 7. The summed E-state index contributed by atoms with van der Waals surface area (Å²) in [7, 11) is -3.36. The fourth-order valence-corrected chi connectivity index (χ4v) is 3.53. The Morgan fingerprint density at radius 3 is 2.39 bits per heavy atom. The molecule has 31 heavy (non-hydrogen) atoms. The van der Waals surface area contributed by atoms with Gasteiger partial charge in [-0.15, -0.1) is 10.1 Å². The third kappa shape index (κ3) is 5.72. The first-order valence-corrected chi connectivity index (χ1v) is 11.0. The van der Waals surface area contributed by atoms with Crippen molar-refractivity contribution in [2.75, 3.05) is 12.9 Å². The predicted octanol–water partition coefficient (Wildman–Crippen LogP) is 2.79. The first kappa shape index (κ1) is 22.1. The van der Waals surface area contributed by atoms with Gasteiger partial charge in [-0.25, -0.2) is 17.5 Å². The third-order valence-electron chi connectivity index (χ3n) is 4.37. The zero-order chi connectivity index (χ0) is 22.6. The summed E-state index contributed by atoms with van der Waals surface area (Å²) in [5.41, 5.74) is 2.15. The molecule has 2 aromatic carbocycles. The van der Waals surface area contributed by atoms with E-state index in [-0.39, 0.29) is 30.1 Å². The number of nitrogens with zero attached hydrogens (tertiary/aromatic N) is 3. The molecule has 0 saturated carbocycles. The number of rotatable bonds is 9. The molecule has 0 aliphatic heterocycles. The number of halogens is 1. The molecule has 0 radical (unpaired) electrons. The Labute approximate surface area is 177 Å². The van der Waals surface area contributed by atoms with Crippen LogP contribution in [0.2, 0.25) is 0 Å². The summed E-state index contributed by atoms with van der Waals surface area (Å²) < 4.78 is 38.3. The van der Waals surface area contributed by atoms with Crippen molar-refractivity contribution in [2.45, 2.75) is 17.7 Å². The van der Waals surface area contributed by atoms with Gasteiger partial charge in [-0.1, -0.05) is 12.1 Å². The maximum Gasteiger partial charge on any atom is 0.294 e. The van der Waals surface area contributed by atoms with E-state index in [1.807, 2.05) is 0 Å². The highest BCUT2D eigenvalue weighted by atomic mass is 32.2. The molecule has 9 nitrogen and oxygen atoms in total. The predicted molar refractivity (Wildman–Crippen MR) is 108 cm³/mol. The van der Waals surface area contributed by atoms with Crippen molar-refractivity contribution >= 4 is 15.6 Å². The number of benzene rings is 2. The van der Waals surface area contributed by atoms with Crippen LogP contribution in [-0.4, -0.2) is 41.9 Å². The molecule has 0 unspecified atom stereocenters. The van der Waals surface area contributed by atoms with Crippen LogP contribution in [0.25, 0.3) is 16.9 Å². The van der Waals surface area contributed by atoms with Gasteiger partial charge in [-0.2, -0.15) is 5.10 Å². The Morgan fingerprint density at radius 1 is 1.16 bits per heavy atom. The Morgan fingerprint density at radius 2 is 1.81 bits per heavy atom. The van der Waals surface area contributed by atoms with Crippen LogP contribution >= 0.6 is 0 Å². The fourth-order valence-electron chi connectivity index (χ4n) is 2.90. The second kappa shape index (κ2) is 9.04. The van der Waals surface area contributed by atoms with Gasteiger partial charge in [0.25, 0.3) is 5.09 Å². The first-order chi connectivity index (χ1) is 14.6. The van der Waals surface area contributed by atoms with E-state index < -0.39 is 20.7 Å². The van der Waals surface area contributed by atoms with Gasteiger partial charge in [0.15, 0.2) is 9.84 Å². The molecular formula is C20H18FN3O6S. The van der Waals surface area contributed by atoms with Crippen LogP contribution in [0.3, 0.4) is 0 Å². The molecule has 0 spiro atoms. The van der Waals surface area contributed by atoms with Gasteiger partial charge in [-0.3, -0.25) is 4.79 Å². The van der Waals surface area contributed by atoms with E-state index >= 15 is 0 Å². The topological polar surface area (TPSA) is 121 Å². The van der Waals surface area contributed by atoms with Gasteiger partial charge >= 0.3 is 0 Å². The van der Waals surface area contributed by atoms with E-state index in [0.717, 1.165) is 6.26 Å². The smallest absolute Gasteiger partial charge is 0.294 e. The van der Waals surface area contributed by atoms with Crippen LogP contribution in [0.4, 0.5) is 4.39 Å². The molecule has 0 N–H and O–H groups in total. The average molecular weight is 447 g/mol.